The molecule has 0 aromatic rings. The fourth-order valence-electron chi connectivity index (χ4n) is 12.4. The molecule has 0 aromatic carbocycles. The highest BCUT2D eigenvalue weighted by Crippen LogP contribution is 2.40. The van der Waals surface area contributed by atoms with Gasteiger partial charge in [-0.05, 0) is 6.92 Å². The smallest absolute Gasteiger partial charge is 0.364 e. The van der Waals surface area contributed by atoms with E-state index in [1.807, 2.05) is 0 Å². The van der Waals surface area contributed by atoms with E-state index in [0.717, 1.165) is 20.8 Å². The number of aliphatic carboxylic acids is 1. The first-order valence-corrected chi connectivity index (χ1v) is 31.8. The number of hydrogen-bond acceptors (Lipinski definition) is 36. The van der Waals surface area contributed by atoms with Crippen molar-refractivity contribution in [1.82, 2.24) is 21.3 Å². The second-order valence-electron chi connectivity index (χ2n) is 24.2. The van der Waals surface area contributed by atoms with Crippen molar-refractivity contribution in [3.05, 3.63) is 0 Å². The number of aliphatic hydroxyl groups is 18. The predicted octanol–water partition coefficient (Wildman–Crippen LogP) is -14.0. The molecule has 0 radical (unpaired) electrons. The minimum absolute atomic E-state index is 0.571. The van der Waals surface area contributed by atoms with Crippen LogP contribution in [-0.2, 0) is 85.6 Å². The Morgan fingerprint density at radius 2 is 0.854 bits per heavy atom. The number of hydrogen-bond donors (Lipinski definition) is 23. The number of carbonyl (C=O) groups is 5. The van der Waals surface area contributed by atoms with Crippen LogP contribution in [0.2, 0.25) is 0 Å². The van der Waals surface area contributed by atoms with Crippen LogP contribution in [0.5, 0.6) is 0 Å². The van der Waals surface area contributed by atoms with E-state index >= 15 is 0 Å². The van der Waals surface area contributed by atoms with Crippen LogP contribution in [0, 0.1) is 0 Å². The Hall–Kier alpha value is -3.16. The summed E-state index contributed by atoms with van der Waals surface area (Å²) >= 11 is 1.61. The van der Waals surface area contributed by atoms with E-state index in [-0.39, 0.29) is 0 Å². The van der Waals surface area contributed by atoms with Gasteiger partial charge in [-0.3, -0.25) is 19.2 Å². The average molecular weight is 1510 g/mol. The second-order valence-corrected chi connectivity index (χ2v) is 25.7. The number of halogens is 1. The van der Waals surface area contributed by atoms with Crippen LogP contribution in [0.1, 0.15) is 41.0 Å². The Bertz CT molecular complexity index is 2550. The van der Waals surface area contributed by atoms with Crippen LogP contribution in [0.15, 0.2) is 0 Å². The quantitative estimate of drug-likeness (QED) is 0.0282. The number of nitrogens with one attached hydrogen (secondary N) is 4. The standard InChI is InChI=1S/C54H89IN4O37/c1-14-28(56-15(2)66)36(76)42(23(10-63)85-14)91-48-30(58-17(4)68)37(77)44(25(12-65)88-48)93-51-41(81)46(34(74)22(9-62)86-51)94-52-47(39(79)33(73)21(8-61)87-52)95-49-31(59-18(5)69)38(78)43(24(11-64)89-49)92-50-40(80)35(75)27(55)26(90-50)13-84-54(53(82)83)6-19(70)29(57-16(3)67)45(96-54)32(72)20(71)7-60/h14,19-52,60-65,70-81H,6-13H2,1-5H3,(H,56,66)(H,57,67)(H,58,68)(H,59,69)(H,82,83)/t14-,19+,20?,21+,22?,23?,24?,25?,26?,27-,28+,29+,30-,31-,32?,33+,34+,35?,36?,37?,38?,39?,40-,41+,42+,43-,44+,45?,46?,47?,48-,49-,50-,51-,52+,54+/m0/s1. The zero-order valence-corrected chi connectivity index (χ0v) is 54.2. The fourth-order valence-corrected chi connectivity index (χ4v) is 13.2. The molecule has 7 rings (SSSR count). The SMILES string of the molecule is CC(=O)N[C@H]1C(O)[C@H](O[C@@H]2OC(CO)[C@@H](O)C(O[C@H]3O[C@H](CO)[C@@H](O)C(O)C3O[C@@H]3OC(CO)[C@H](O[C@@H]4OC(CO[C@]5(C(=O)O)C[C@@H](O)[C@@H](NC(C)=O)C(C(O)C(O)CO)O5)[C@H](I)C(O)[C@@H]4O)C(O)[C@@H]3NC(C)=O)[C@H]2O)C(CO)O[C@H]1O[C@@H]1C(CO)O[C@@H](C)[C@@H](NC(C)=O)C1O. The number of amides is 4. The number of aliphatic hydroxyl groups excluding tert-OH is 18. The summed E-state index contributed by atoms with van der Waals surface area (Å²) < 4.78 is 75.6. The summed E-state index contributed by atoms with van der Waals surface area (Å²) in [5, 5.41) is 219. The van der Waals surface area contributed by atoms with Gasteiger partial charge in [-0.1, -0.05) is 22.6 Å². The normalized spacial score (nSPS) is 46.0. The fraction of sp³-hybridized carbons (Fsp3) is 0.907. The second kappa shape index (κ2) is 34.7. The van der Waals surface area contributed by atoms with Gasteiger partial charge in [0, 0.05) is 34.1 Å². The molecule has 7 aliphatic heterocycles. The third-order valence-corrected chi connectivity index (χ3v) is 18.9. The summed E-state index contributed by atoms with van der Waals surface area (Å²) in [5.74, 6) is -7.92. The highest BCUT2D eigenvalue weighted by molar-refractivity contribution is 14.1. The number of rotatable bonds is 26. The zero-order valence-electron chi connectivity index (χ0n) is 52.1. The minimum Gasteiger partial charge on any atom is -0.477 e. The van der Waals surface area contributed by atoms with Crippen molar-refractivity contribution in [2.24, 2.45) is 0 Å². The van der Waals surface area contributed by atoms with E-state index < -0.39 is 300 Å². The van der Waals surface area contributed by atoms with Gasteiger partial charge in [-0.25, -0.2) is 4.79 Å². The molecule has 0 aliphatic carbocycles. The van der Waals surface area contributed by atoms with Gasteiger partial charge in [-0.15, -0.1) is 0 Å². The lowest BCUT2D eigenvalue weighted by Crippen LogP contribution is -2.70. The Morgan fingerprint density at radius 3 is 1.33 bits per heavy atom. The molecule has 7 aliphatic rings. The number of ether oxygens (including phenoxy) is 13. The van der Waals surface area contributed by atoms with Crippen molar-refractivity contribution in [3.8, 4) is 0 Å². The van der Waals surface area contributed by atoms with Crippen molar-refractivity contribution in [1.29, 1.82) is 0 Å². The molecule has 0 aromatic heterocycles. The maximum atomic E-state index is 12.9. The third kappa shape index (κ3) is 17.8. The van der Waals surface area contributed by atoms with Gasteiger partial charge in [0.05, 0.1) is 86.7 Å². The van der Waals surface area contributed by atoms with Crippen LogP contribution in [0.3, 0.4) is 0 Å². The van der Waals surface area contributed by atoms with Crippen molar-refractivity contribution in [3.63, 3.8) is 0 Å². The lowest BCUT2D eigenvalue weighted by molar-refractivity contribution is -0.394. The summed E-state index contributed by atoms with van der Waals surface area (Å²) in [7, 11) is 0. The van der Waals surface area contributed by atoms with E-state index in [0.29, 0.717) is 0 Å². The van der Waals surface area contributed by atoms with E-state index in [2.05, 4.69) is 21.3 Å². The number of carboxylic acids is 1. The van der Waals surface area contributed by atoms with E-state index in [9.17, 15) is 121 Å². The number of alkyl halides is 1. The van der Waals surface area contributed by atoms with Crippen LogP contribution in [0.4, 0.5) is 0 Å². The predicted molar refractivity (Wildman–Crippen MR) is 311 cm³/mol. The van der Waals surface area contributed by atoms with Crippen molar-refractivity contribution in [2.45, 2.75) is 259 Å². The van der Waals surface area contributed by atoms with Crippen LogP contribution < -0.4 is 21.3 Å². The molecule has 7 fully saturated rings. The van der Waals surface area contributed by atoms with Crippen LogP contribution >= 0.6 is 22.6 Å². The Morgan fingerprint density at radius 1 is 0.458 bits per heavy atom. The van der Waals surface area contributed by atoms with Gasteiger partial charge < -0.3 is 180 Å². The molecule has 96 heavy (non-hydrogen) atoms. The van der Waals surface area contributed by atoms with Crippen molar-refractivity contribution >= 4 is 52.2 Å². The van der Waals surface area contributed by atoms with E-state index in [1.165, 1.54) is 13.8 Å². The largest absolute Gasteiger partial charge is 0.477 e. The molecule has 42 heteroatoms. The van der Waals surface area contributed by atoms with Gasteiger partial charge >= 0.3 is 5.97 Å². The van der Waals surface area contributed by atoms with Gasteiger partial charge in [0.2, 0.25) is 23.6 Å². The minimum atomic E-state index is -2.92. The molecule has 15 unspecified atom stereocenters. The molecule has 41 nitrogen and oxygen atoms in total. The molecule has 7 heterocycles. The summed E-state index contributed by atoms with van der Waals surface area (Å²) in [6.07, 6.45) is -58.4. The summed E-state index contributed by atoms with van der Waals surface area (Å²) in [6, 6.07) is -6.30. The van der Waals surface area contributed by atoms with E-state index in [4.69, 9.17) is 61.6 Å². The summed E-state index contributed by atoms with van der Waals surface area (Å²) in [5.41, 5.74) is 0. The molecule has 0 saturated carbocycles. The topological polar surface area (TPSA) is 638 Å². The molecule has 23 N–H and O–H groups in total. The Kier molecular flexibility index (Phi) is 29.0. The molecule has 0 bridgehead atoms. The average Bonchev–Trinajstić information content (AvgIpc) is 0.776. The molecular weight excluding hydrogens is 1420 g/mol. The molecule has 7 saturated heterocycles. The molecule has 0 spiro atoms. The molecule has 4 amide bonds. The number of carboxylic acid groups (broad SMARTS) is 1. The van der Waals surface area contributed by atoms with Crippen LogP contribution in [0.25, 0.3) is 0 Å². The van der Waals surface area contributed by atoms with Gasteiger partial charge in [-0.2, -0.15) is 0 Å². The number of carbonyl (C=O) groups excluding carboxylic acids is 4. The maximum absolute atomic E-state index is 12.9. The molecule has 36 atom stereocenters. The first-order chi connectivity index (χ1) is 45.2. The first-order valence-electron chi connectivity index (χ1n) is 30.5. The highest BCUT2D eigenvalue weighted by Gasteiger charge is 2.61. The Labute approximate surface area is 559 Å². The van der Waals surface area contributed by atoms with Crippen molar-refractivity contribution < 1.29 is 183 Å². The van der Waals surface area contributed by atoms with Crippen molar-refractivity contribution in [2.75, 3.05) is 46.2 Å². The van der Waals surface area contributed by atoms with Gasteiger partial charge in [0.15, 0.2) is 31.5 Å². The third-order valence-electron chi connectivity index (χ3n) is 17.4. The van der Waals surface area contributed by atoms with E-state index in [1.54, 1.807) is 22.6 Å². The van der Waals surface area contributed by atoms with Gasteiger partial charge in [0.1, 0.15) is 140 Å². The highest BCUT2D eigenvalue weighted by atomic mass is 127. The Balaban J connectivity index is 1.10. The summed E-state index contributed by atoms with van der Waals surface area (Å²) in [4.78, 5) is 62.6. The lowest BCUT2D eigenvalue weighted by Gasteiger charge is -2.51. The first kappa shape index (κ1) is 80.2. The van der Waals surface area contributed by atoms with Crippen LogP contribution in [-0.4, -0.2) is 391 Å². The van der Waals surface area contributed by atoms with Gasteiger partial charge in [0.25, 0.3) is 5.79 Å². The lowest BCUT2D eigenvalue weighted by atomic mass is 9.88. The molecule has 554 valence electrons. The summed E-state index contributed by atoms with van der Waals surface area (Å²) in [6.45, 7) is -1.38. The molecular formula is C54H89IN4O37. The monoisotopic (exact) mass is 1510 g/mol. The maximum Gasteiger partial charge on any atom is 0.364 e. The zero-order chi connectivity index (χ0) is 71.3.